The zero-order valence-electron chi connectivity index (χ0n) is 19.3. The summed E-state index contributed by atoms with van der Waals surface area (Å²) < 4.78 is 11.5. The van der Waals surface area contributed by atoms with E-state index in [1.54, 1.807) is 18.9 Å². The highest BCUT2D eigenvalue weighted by atomic mass is 32.2. The lowest BCUT2D eigenvalue weighted by Crippen LogP contribution is -2.47. The third-order valence-electron chi connectivity index (χ3n) is 5.76. The van der Waals surface area contributed by atoms with E-state index in [4.69, 9.17) is 21.7 Å². The second kappa shape index (κ2) is 11.5. The van der Waals surface area contributed by atoms with Crippen molar-refractivity contribution >= 4 is 40.3 Å². The lowest BCUT2D eigenvalue weighted by atomic mass is 9.91. The van der Waals surface area contributed by atoms with Gasteiger partial charge in [-0.1, -0.05) is 93.3 Å². The van der Waals surface area contributed by atoms with Gasteiger partial charge in [0.1, 0.15) is 16.7 Å². The van der Waals surface area contributed by atoms with Crippen molar-refractivity contribution < 1.29 is 19.1 Å². The number of benzene rings is 2. The number of hydrogen-bond donors (Lipinski definition) is 1. The van der Waals surface area contributed by atoms with Gasteiger partial charge in [-0.2, -0.15) is 0 Å². The molecule has 33 heavy (non-hydrogen) atoms. The SMILES string of the molecule is COc1ccccc1[C@H](NC(=O)OCc1ccccc1)[C@@H](C)C(=O)N1C(=S)SC[C@@H]1C(C)C. The molecule has 8 heteroatoms. The molecule has 0 radical (unpaired) electrons. The van der Waals surface area contributed by atoms with Crippen molar-refractivity contribution in [2.24, 2.45) is 11.8 Å². The molecule has 3 atom stereocenters. The van der Waals surface area contributed by atoms with Crippen LogP contribution in [0, 0.1) is 11.8 Å². The van der Waals surface area contributed by atoms with E-state index in [1.165, 1.54) is 11.8 Å². The number of rotatable bonds is 8. The number of methoxy groups -OCH3 is 1. The van der Waals surface area contributed by atoms with Crippen LogP contribution in [0.5, 0.6) is 5.75 Å². The number of nitrogens with zero attached hydrogens (tertiary/aromatic N) is 1. The first-order valence-electron chi connectivity index (χ1n) is 10.9. The maximum Gasteiger partial charge on any atom is 0.407 e. The van der Waals surface area contributed by atoms with E-state index in [9.17, 15) is 9.59 Å². The predicted molar refractivity (Wildman–Crippen MR) is 135 cm³/mol. The number of ether oxygens (including phenoxy) is 2. The van der Waals surface area contributed by atoms with Gasteiger partial charge >= 0.3 is 6.09 Å². The summed E-state index contributed by atoms with van der Waals surface area (Å²) in [5.41, 5.74) is 1.58. The number of thioether (sulfide) groups is 1. The Morgan fingerprint density at radius 1 is 1.12 bits per heavy atom. The summed E-state index contributed by atoms with van der Waals surface area (Å²) in [6.07, 6.45) is -0.604. The van der Waals surface area contributed by atoms with Crippen LogP contribution in [0.1, 0.15) is 37.9 Å². The molecule has 2 aromatic rings. The number of amides is 2. The van der Waals surface area contributed by atoms with E-state index >= 15 is 0 Å². The van der Waals surface area contributed by atoms with Crippen LogP contribution in [0.15, 0.2) is 54.6 Å². The summed E-state index contributed by atoms with van der Waals surface area (Å²) in [6.45, 7) is 6.11. The third-order valence-corrected chi connectivity index (χ3v) is 7.26. The van der Waals surface area contributed by atoms with Crippen LogP contribution in [0.25, 0.3) is 0 Å². The van der Waals surface area contributed by atoms with Crippen molar-refractivity contribution in [1.29, 1.82) is 0 Å². The predicted octanol–water partition coefficient (Wildman–Crippen LogP) is 5.18. The Balaban J connectivity index is 1.84. The molecule has 0 aliphatic carbocycles. The highest BCUT2D eigenvalue weighted by molar-refractivity contribution is 8.23. The van der Waals surface area contributed by atoms with E-state index < -0.39 is 18.1 Å². The summed E-state index contributed by atoms with van der Waals surface area (Å²) in [6, 6.07) is 16.2. The van der Waals surface area contributed by atoms with Gasteiger partial charge in [0.05, 0.1) is 19.1 Å². The van der Waals surface area contributed by atoms with E-state index in [0.717, 1.165) is 11.3 Å². The van der Waals surface area contributed by atoms with Gasteiger partial charge in [-0.25, -0.2) is 4.79 Å². The van der Waals surface area contributed by atoms with Crippen molar-refractivity contribution in [3.05, 3.63) is 65.7 Å². The highest BCUT2D eigenvalue weighted by Crippen LogP contribution is 2.35. The van der Waals surface area contributed by atoms with Crippen LogP contribution < -0.4 is 10.1 Å². The molecule has 1 heterocycles. The first-order chi connectivity index (χ1) is 15.8. The summed E-state index contributed by atoms with van der Waals surface area (Å²) >= 11 is 7.02. The maximum atomic E-state index is 13.6. The average Bonchev–Trinajstić information content (AvgIpc) is 3.22. The Hall–Kier alpha value is -2.58. The number of para-hydroxylation sites is 1. The molecule has 1 N–H and O–H groups in total. The quantitative estimate of drug-likeness (QED) is 0.519. The van der Waals surface area contributed by atoms with Crippen molar-refractivity contribution in [2.75, 3.05) is 12.9 Å². The van der Waals surface area contributed by atoms with Gasteiger partial charge in [0.2, 0.25) is 5.91 Å². The van der Waals surface area contributed by atoms with Crippen molar-refractivity contribution in [3.8, 4) is 5.75 Å². The molecular formula is C25H30N2O4S2. The van der Waals surface area contributed by atoms with Gasteiger partial charge < -0.3 is 14.8 Å². The maximum absolute atomic E-state index is 13.6. The van der Waals surface area contributed by atoms with Crippen LogP contribution >= 0.6 is 24.0 Å². The number of alkyl carbamates (subject to hydrolysis) is 1. The van der Waals surface area contributed by atoms with Crippen molar-refractivity contribution in [3.63, 3.8) is 0 Å². The normalized spacial score (nSPS) is 17.5. The molecule has 3 rings (SSSR count). The standard InChI is InChI=1S/C25H30N2O4S2/c1-16(2)20-15-33-25(32)27(20)23(28)17(3)22(19-12-8-9-13-21(19)30-4)26-24(29)31-14-18-10-6-5-7-11-18/h5-13,16-17,20,22H,14-15H2,1-4H3,(H,26,29)/t17-,20-,22-/m1/s1. The molecule has 6 nitrogen and oxygen atoms in total. The molecule has 0 aromatic heterocycles. The molecule has 0 unspecified atom stereocenters. The van der Waals surface area contributed by atoms with Crippen molar-refractivity contribution in [2.45, 2.75) is 39.5 Å². The Bertz CT molecular complexity index is 983. The van der Waals surface area contributed by atoms with E-state index in [0.29, 0.717) is 15.6 Å². The van der Waals surface area contributed by atoms with Crippen LogP contribution in [0.2, 0.25) is 0 Å². The zero-order chi connectivity index (χ0) is 24.0. The smallest absolute Gasteiger partial charge is 0.407 e. The van der Waals surface area contributed by atoms with E-state index in [-0.39, 0.29) is 24.5 Å². The Kier molecular flexibility index (Phi) is 8.74. The molecule has 1 aliphatic rings. The minimum atomic E-state index is -0.655. The summed E-state index contributed by atoms with van der Waals surface area (Å²) in [5.74, 6) is 0.916. The number of thiocarbonyl (C=S) groups is 1. The van der Waals surface area contributed by atoms with Gasteiger partial charge in [-0.05, 0) is 17.5 Å². The van der Waals surface area contributed by atoms with Gasteiger partial charge in [-0.3, -0.25) is 9.69 Å². The fourth-order valence-corrected chi connectivity index (χ4v) is 5.47. The lowest BCUT2D eigenvalue weighted by molar-refractivity contribution is -0.133. The van der Waals surface area contributed by atoms with Crippen LogP contribution in [-0.2, 0) is 16.1 Å². The summed E-state index contributed by atoms with van der Waals surface area (Å²) in [7, 11) is 1.57. The summed E-state index contributed by atoms with van der Waals surface area (Å²) in [5, 5.41) is 2.90. The molecule has 0 saturated carbocycles. The van der Waals surface area contributed by atoms with E-state index in [2.05, 4.69) is 19.2 Å². The Morgan fingerprint density at radius 2 is 1.79 bits per heavy atom. The number of carbonyl (C=O) groups is 2. The number of nitrogens with one attached hydrogen (secondary N) is 1. The van der Waals surface area contributed by atoms with Crippen molar-refractivity contribution in [1.82, 2.24) is 10.2 Å². The second-order valence-corrected chi connectivity index (χ2v) is 9.96. The second-order valence-electron chi connectivity index (χ2n) is 8.31. The first kappa shape index (κ1) is 25.1. The van der Waals surface area contributed by atoms with Crippen LogP contribution in [0.4, 0.5) is 4.79 Å². The molecule has 176 valence electrons. The van der Waals surface area contributed by atoms with E-state index in [1.807, 2.05) is 54.6 Å². The molecule has 2 amide bonds. The van der Waals surface area contributed by atoms with Gasteiger partial charge in [0.15, 0.2) is 0 Å². The average molecular weight is 487 g/mol. The fraction of sp³-hybridized carbons (Fsp3) is 0.400. The van der Waals surface area contributed by atoms with Crippen LogP contribution in [-0.4, -0.2) is 40.1 Å². The number of carbonyl (C=O) groups excluding carboxylic acids is 2. The fourth-order valence-electron chi connectivity index (χ4n) is 3.83. The molecule has 1 saturated heterocycles. The zero-order valence-corrected chi connectivity index (χ0v) is 20.9. The largest absolute Gasteiger partial charge is 0.496 e. The van der Waals surface area contributed by atoms with Gasteiger partial charge in [0, 0.05) is 17.4 Å². The number of hydrogen-bond acceptors (Lipinski definition) is 6. The molecule has 0 bridgehead atoms. The molecule has 2 aromatic carbocycles. The lowest BCUT2D eigenvalue weighted by Gasteiger charge is -2.32. The minimum Gasteiger partial charge on any atom is -0.496 e. The minimum absolute atomic E-state index is 0.0285. The Labute approximate surface area is 205 Å². The highest BCUT2D eigenvalue weighted by Gasteiger charge is 2.40. The molecular weight excluding hydrogens is 456 g/mol. The molecule has 1 aliphatic heterocycles. The third kappa shape index (κ3) is 6.06. The molecule has 1 fully saturated rings. The van der Waals surface area contributed by atoms with Gasteiger partial charge in [0.25, 0.3) is 0 Å². The monoisotopic (exact) mass is 486 g/mol. The molecule has 0 spiro atoms. The first-order valence-corrected chi connectivity index (χ1v) is 12.3. The summed E-state index contributed by atoms with van der Waals surface area (Å²) in [4.78, 5) is 28.1. The Morgan fingerprint density at radius 3 is 2.45 bits per heavy atom. The van der Waals surface area contributed by atoms with Crippen LogP contribution in [0.3, 0.4) is 0 Å². The topological polar surface area (TPSA) is 67.9 Å². The van der Waals surface area contributed by atoms with Gasteiger partial charge in [-0.15, -0.1) is 0 Å².